The van der Waals surface area contributed by atoms with E-state index in [4.69, 9.17) is 4.74 Å². The van der Waals surface area contributed by atoms with Gasteiger partial charge in [0.15, 0.2) is 5.78 Å². The third kappa shape index (κ3) is 3.77. The van der Waals surface area contributed by atoms with E-state index in [1.165, 1.54) is 5.39 Å². The van der Waals surface area contributed by atoms with Gasteiger partial charge in [0.2, 0.25) is 0 Å². The van der Waals surface area contributed by atoms with Crippen LogP contribution in [0.1, 0.15) is 22.8 Å². The molecule has 3 nitrogen and oxygen atoms in total. The minimum absolute atomic E-state index is 0.108. The number of benzene rings is 3. The van der Waals surface area contributed by atoms with Crippen LogP contribution in [0.4, 0.5) is 0 Å². The van der Waals surface area contributed by atoms with Gasteiger partial charge in [-0.3, -0.25) is 4.79 Å². The van der Waals surface area contributed by atoms with Crippen molar-refractivity contribution >= 4 is 16.7 Å². The first-order chi connectivity index (χ1) is 13.2. The number of ketones is 1. The van der Waals surface area contributed by atoms with Gasteiger partial charge < -0.3 is 9.72 Å². The van der Waals surface area contributed by atoms with Crippen LogP contribution in [-0.2, 0) is 6.42 Å². The Bertz CT molecular complexity index is 1030. The van der Waals surface area contributed by atoms with Crippen molar-refractivity contribution in [2.75, 3.05) is 6.61 Å². The van der Waals surface area contributed by atoms with E-state index in [1.807, 2.05) is 55.5 Å². The molecule has 1 N–H and O–H groups in total. The lowest BCUT2D eigenvalue weighted by Gasteiger charge is -2.05. The van der Waals surface area contributed by atoms with E-state index in [9.17, 15) is 4.79 Å². The highest BCUT2D eigenvalue weighted by Gasteiger charge is 2.08. The molecule has 4 aromatic rings. The highest BCUT2D eigenvalue weighted by atomic mass is 16.5. The van der Waals surface area contributed by atoms with Gasteiger partial charge in [0.25, 0.3) is 0 Å². The van der Waals surface area contributed by atoms with Crippen LogP contribution < -0.4 is 4.74 Å². The predicted octanol–water partition coefficient (Wildman–Crippen LogP) is 5.66. The first-order valence-corrected chi connectivity index (χ1v) is 9.16. The van der Waals surface area contributed by atoms with Crippen LogP contribution in [0.5, 0.6) is 5.75 Å². The number of nitrogens with one attached hydrogen (secondary N) is 1. The molecule has 0 atom stereocenters. The zero-order valence-electron chi connectivity index (χ0n) is 15.2. The summed E-state index contributed by atoms with van der Waals surface area (Å²) in [5, 5.41) is 1.20. The largest absolute Gasteiger partial charge is 0.494 e. The lowest BCUT2D eigenvalue weighted by atomic mass is 10.0. The van der Waals surface area contributed by atoms with Crippen LogP contribution in [-0.4, -0.2) is 17.4 Å². The molecule has 1 heterocycles. The summed E-state index contributed by atoms with van der Waals surface area (Å²) >= 11 is 0. The van der Waals surface area contributed by atoms with Crippen molar-refractivity contribution in [1.29, 1.82) is 0 Å². The van der Waals surface area contributed by atoms with E-state index in [1.54, 1.807) is 0 Å². The Balaban J connectivity index is 1.47. The number of rotatable bonds is 6. The van der Waals surface area contributed by atoms with Gasteiger partial charge in [-0.15, -0.1) is 0 Å². The second-order valence-corrected chi connectivity index (χ2v) is 6.52. The molecule has 0 aliphatic heterocycles. The fourth-order valence-corrected chi connectivity index (χ4v) is 3.22. The number of aromatic amines is 1. The molecule has 27 heavy (non-hydrogen) atoms. The van der Waals surface area contributed by atoms with Gasteiger partial charge in [-0.2, -0.15) is 0 Å². The van der Waals surface area contributed by atoms with E-state index in [-0.39, 0.29) is 5.78 Å². The second kappa shape index (κ2) is 7.50. The zero-order chi connectivity index (χ0) is 18.6. The summed E-state index contributed by atoms with van der Waals surface area (Å²) in [5.41, 5.74) is 5.04. The molecule has 0 spiro atoms. The highest BCUT2D eigenvalue weighted by molar-refractivity contribution is 5.97. The molecule has 134 valence electrons. The number of hydrogen-bond donors (Lipinski definition) is 1. The maximum absolute atomic E-state index is 12.5. The maximum atomic E-state index is 12.5. The Kier molecular flexibility index (Phi) is 4.75. The number of Topliss-reactive ketones (excluding diaryl/α,β-unsaturated/α-hetero) is 1. The number of para-hydroxylation sites is 1. The molecule has 0 saturated heterocycles. The molecule has 0 aliphatic rings. The molecule has 1 aromatic heterocycles. The van der Waals surface area contributed by atoms with Crippen LogP contribution in [0.25, 0.3) is 22.2 Å². The topological polar surface area (TPSA) is 42.1 Å². The normalized spacial score (nSPS) is 10.9. The number of ether oxygens (including phenoxy) is 1. The summed E-state index contributed by atoms with van der Waals surface area (Å²) < 4.78 is 5.42. The summed E-state index contributed by atoms with van der Waals surface area (Å²) in [6.45, 7) is 2.56. The number of carbonyl (C=O) groups excluding carboxylic acids is 1. The van der Waals surface area contributed by atoms with Gasteiger partial charge in [-0.05, 0) is 54.4 Å². The first kappa shape index (κ1) is 17.1. The number of carbonyl (C=O) groups is 1. The van der Waals surface area contributed by atoms with E-state index in [0.717, 1.165) is 28.1 Å². The predicted molar refractivity (Wildman–Crippen MR) is 109 cm³/mol. The van der Waals surface area contributed by atoms with Crippen LogP contribution in [0.15, 0.2) is 78.9 Å². The third-order valence-electron chi connectivity index (χ3n) is 4.65. The van der Waals surface area contributed by atoms with Gasteiger partial charge in [-0.1, -0.05) is 42.5 Å². The quantitative estimate of drug-likeness (QED) is 0.454. The fraction of sp³-hybridized carbons (Fsp3) is 0.125. The lowest BCUT2D eigenvalue weighted by Crippen LogP contribution is -2.03. The third-order valence-corrected chi connectivity index (χ3v) is 4.65. The second-order valence-electron chi connectivity index (χ2n) is 6.52. The minimum atomic E-state index is 0.108. The van der Waals surface area contributed by atoms with Crippen molar-refractivity contribution in [2.24, 2.45) is 0 Å². The standard InChI is InChI=1S/C24H21NO2/c1-2-27-21-13-11-19(12-14-21)24(26)15-17-7-9-18(10-8-17)23-16-20-5-3-4-6-22(20)25-23/h3-14,16,25H,2,15H2,1H3. The summed E-state index contributed by atoms with van der Waals surface area (Å²) in [6, 6.07) is 25.9. The van der Waals surface area contributed by atoms with Crippen molar-refractivity contribution in [3.05, 3.63) is 90.0 Å². The maximum Gasteiger partial charge on any atom is 0.167 e. The van der Waals surface area contributed by atoms with Crippen LogP contribution in [0.3, 0.4) is 0 Å². The Morgan fingerprint density at radius 2 is 1.67 bits per heavy atom. The Hall–Kier alpha value is -3.33. The van der Waals surface area contributed by atoms with Gasteiger partial charge in [-0.25, -0.2) is 0 Å². The average Bonchev–Trinajstić information content (AvgIpc) is 3.13. The minimum Gasteiger partial charge on any atom is -0.494 e. The molecule has 0 fully saturated rings. The molecule has 0 radical (unpaired) electrons. The molecule has 0 amide bonds. The fourth-order valence-electron chi connectivity index (χ4n) is 3.22. The van der Waals surface area contributed by atoms with Gasteiger partial charge in [0.05, 0.1) is 6.61 Å². The summed E-state index contributed by atoms with van der Waals surface area (Å²) in [6.07, 6.45) is 0.390. The first-order valence-electron chi connectivity index (χ1n) is 9.16. The Morgan fingerprint density at radius 3 is 2.37 bits per heavy atom. The van der Waals surface area contributed by atoms with E-state index >= 15 is 0 Å². The van der Waals surface area contributed by atoms with E-state index < -0.39 is 0 Å². The lowest BCUT2D eigenvalue weighted by molar-refractivity contribution is 0.0993. The van der Waals surface area contributed by atoms with Crippen molar-refractivity contribution < 1.29 is 9.53 Å². The number of fused-ring (bicyclic) bond motifs is 1. The number of H-pyrrole nitrogens is 1. The summed E-state index contributed by atoms with van der Waals surface area (Å²) in [7, 11) is 0. The van der Waals surface area contributed by atoms with E-state index in [0.29, 0.717) is 18.6 Å². The van der Waals surface area contributed by atoms with Crippen LogP contribution in [0.2, 0.25) is 0 Å². The van der Waals surface area contributed by atoms with Crippen LogP contribution in [0, 0.1) is 0 Å². The molecule has 0 bridgehead atoms. The Labute approximate surface area is 158 Å². The highest BCUT2D eigenvalue weighted by Crippen LogP contribution is 2.24. The molecule has 4 rings (SSSR count). The van der Waals surface area contributed by atoms with Crippen molar-refractivity contribution in [3.8, 4) is 17.0 Å². The molecular weight excluding hydrogens is 334 g/mol. The van der Waals surface area contributed by atoms with Crippen molar-refractivity contribution in [2.45, 2.75) is 13.3 Å². The van der Waals surface area contributed by atoms with Crippen molar-refractivity contribution in [1.82, 2.24) is 4.98 Å². The summed E-state index contributed by atoms with van der Waals surface area (Å²) in [4.78, 5) is 15.9. The molecule has 0 aliphatic carbocycles. The monoisotopic (exact) mass is 355 g/mol. The summed E-state index contributed by atoms with van der Waals surface area (Å²) in [5.74, 6) is 0.896. The van der Waals surface area contributed by atoms with Crippen molar-refractivity contribution in [3.63, 3.8) is 0 Å². The molecule has 0 saturated carbocycles. The molecule has 3 heteroatoms. The smallest absolute Gasteiger partial charge is 0.167 e. The zero-order valence-corrected chi connectivity index (χ0v) is 15.2. The SMILES string of the molecule is CCOc1ccc(C(=O)Cc2ccc(-c3cc4ccccc4[nH]3)cc2)cc1. The molecular formula is C24H21NO2. The number of hydrogen-bond acceptors (Lipinski definition) is 2. The number of aromatic nitrogens is 1. The Morgan fingerprint density at radius 1 is 0.926 bits per heavy atom. The average molecular weight is 355 g/mol. The molecule has 0 unspecified atom stereocenters. The van der Waals surface area contributed by atoms with Gasteiger partial charge in [0.1, 0.15) is 5.75 Å². The molecule has 3 aromatic carbocycles. The van der Waals surface area contributed by atoms with Crippen LogP contribution >= 0.6 is 0 Å². The van der Waals surface area contributed by atoms with Gasteiger partial charge in [0, 0.05) is 28.6 Å². The van der Waals surface area contributed by atoms with Gasteiger partial charge >= 0.3 is 0 Å². The van der Waals surface area contributed by atoms with E-state index in [2.05, 4.69) is 35.3 Å².